The fourth-order valence-corrected chi connectivity index (χ4v) is 4.06. The van der Waals surface area contributed by atoms with E-state index in [9.17, 15) is 0 Å². The second-order valence-corrected chi connectivity index (χ2v) is 8.02. The van der Waals surface area contributed by atoms with Crippen LogP contribution in [-0.4, -0.2) is 60.6 Å². The third-order valence-corrected chi connectivity index (χ3v) is 5.46. The SMILES string of the molecule is CCNC(CN1CCN(C(C)(C)C)CC1)C1CCCCC1. The van der Waals surface area contributed by atoms with E-state index in [2.05, 4.69) is 42.8 Å². The van der Waals surface area contributed by atoms with Gasteiger partial charge in [0.15, 0.2) is 0 Å². The fraction of sp³-hybridized carbons (Fsp3) is 1.00. The molecule has 1 saturated heterocycles. The summed E-state index contributed by atoms with van der Waals surface area (Å²) in [5.41, 5.74) is 0.330. The van der Waals surface area contributed by atoms with Gasteiger partial charge in [-0.15, -0.1) is 0 Å². The smallest absolute Gasteiger partial charge is 0.0223 e. The summed E-state index contributed by atoms with van der Waals surface area (Å²) in [5.74, 6) is 0.916. The van der Waals surface area contributed by atoms with Crippen LogP contribution in [0.3, 0.4) is 0 Å². The van der Waals surface area contributed by atoms with E-state index in [1.54, 1.807) is 0 Å². The molecule has 0 amide bonds. The van der Waals surface area contributed by atoms with E-state index >= 15 is 0 Å². The summed E-state index contributed by atoms with van der Waals surface area (Å²) in [6.45, 7) is 16.6. The summed E-state index contributed by atoms with van der Waals surface area (Å²) in [6, 6.07) is 0.719. The average Bonchev–Trinajstić information content (AvgIpc) is 2.47. The molecular weight excluding hydrogens is 258 g/mol. The number of nitrogens with zero attached hydrogens (tertiary/aromatic N) is 2. The van der Waals surface area contributed by atoms with Crippen LogP contribution in [0.2, 0.25) is 0 Å². The Kier molecular flexibility index (Phi) is 6.51. The van der Waals surface area contributed by atoms with Crippen LogP contribution < -0.4 is 5.32 Å². The molecule has 1 saturated carbocycles. The lowest BCUT2D eigenvalue weighted by molar-refractivity contribution is 0.0527. The highest BCUT2D eigenvalue weighted by atomic mass is 15.3. The average molecular weight is 296 g/mol. The number of likely N-dealkylation sites (N-methyl/N-ethyl adjacent to an activating group) is 1. The molecule has 2 rings (SSSR count). The van der Waals surface area contributed by atoms with Crippen LogP contribution in [0.25, 0.3) is 0 Å². The Hall–Kier alpha value is -0.120. The van der Waals surface area contributed by atoms with E-state index in [-0.39, 0.29) is 0 Å². The van der Waals surface area contributed by atoms with Gasteiger partial charge in [-0.2, -0.15) is 0 Å². The highest BCUT2D eigenvalue weighted by Gasteiger charge is 2.29. The fourth-order valence-electron chi connectivity index (χ4n) is 4.06. The van der Waals surface area contributed by atoms with E-state index in [0.29, 0.717) is 5.54 Å². The van der Waals surface area contributed by atoms with E-state index in [1.165, 1.54) is 64.8 Å². The zero-order valence-corrected chi connectivity index (χ0v) is 14.8. The van der Waals surface area contributed by atoms with Gasteiger partial charge in [-0.05, 0) is 46.1 Å². The maximum absolute atomic E-state index is 3.79. The molecule has 2 aliphatic rings. The first-order chi connectivity index (χ1) is 10.0. The van der Waals surface area contributed by atoms with Gasteiger partial charge in [0.1, 0.15) is 0 Å². The van der Waals surface area contributed by atoms with Gasteiger partial charge >= 0.3 is 0 Å². The molecule has 1 atom stereocenters. The summed E-state index contributed by atoms with van der Waals surface area (Å²) in [5, 5.41) is 3.79. The molecule has 0 aromatic heterocycles. The van der Waals surface area contributed by atoms with Crippen LogP contribution in [0.15, 0.2) is 0 Å². The Bertz CT molecular complexity index is 283. The molecule has 3 nitrogen and oxygen atoms in total. The maximum atomic E-state index is 3.79. The quantitative estimate of drug-likeness (QED) is 0.841. The first-order valence-electron chi connectivity index (χ1n) is 9.21. The van der Waals surface area contributed by atoms with Crippen molar-refractivity contribution >= 4 is 0 Å². The van der Waals surface area contributed by atoms with Crippen LogP contribution in [-0.2, 0) is 0 Å². The van der Waals surface area contributed by atoms with Gasteiger partial charge in [-0.25, -0.2) is 0 Å². The standard InChI is InChI=1S/C18H37N3/c1-5-19-17(16-9-7-6-8-10-16)15-20-11-13-21(14-12-20)18(2,3)4/h16-17,19H,5-15H2,1-4H3. The molecule has 1 unspecified atom stereocenters. The minimum atomic E-state index is 0.330. The third-order valence-electron chi connectivity index (χ3n) is 5.46. The second-order valence-electron chi connectivity index (χ2n) is 8.02. The first kappa shape index (κ1) is 17.2. The number of rotatable bonds is 5. The molecular formula is C18H37N3. The Morgan fingerprint density at radius 2 is 1.62 bits per heavy atom. The van der Waals surface area contributed by atoms with E-state index in [0.717, 1.165) is 18.5 Å². The lowest BCUT2D eigenvalue weighted by Crippen LogP contribution is -2.56. The first-order valence-corrected chi connectivity index (χ1v) is 9.21. The number of hydrogen-bond donors (Lipinski definition) is 1. The lowest BCUT2D eigenvalue weighted by atomic mass is 9.83. The van der Waals surface area contributed by atoms with Gasteiger partial charge in [0.05, 0.1) is 0 Å². The topological polar surface area (TPSA) is 18.5 Å². The number of hydrogen-bond acceptors (Lipinski definition) is 3. The summed E-state index contributed by atoms with van der Waals surface area (Å²) in [6.07, 6.45) is 7.24. The monoisotopic (exact) mass is 295 g/mol. The Labute approximate surface area is 132 Å². The van der Waals surface area contributed by atoms with Gasteiger partial charge < -0.3 is 5.32 Å². The molecule has 1 heterocycles. The highest BCUT2D eigenvalue weighted by Crippen LogP contribution is 2.27. The van der Waals surface area contributed by atoms with E-state index in [1.807, 2.05) is 0 Å². The molecule has 0 aromatic rings. The van der Waals surface area contributed by atoms with Crippen molar-refractivity contribution in [2.45, 2.75) is 71.4 Å². The highest BCUT2D eigenvalue weighted by molar-refractivity contribution is 4.86. The Morgan fingerprint density at radius 3 is 2.14 bits per heavy atom. The Morgan fingerprint density at radius 1 is 1.00 bits per heavy atom. The predicted molar refractivity (Wildman–Crippen MR) is 91.8 cm³/mol. The number of nitrogens with one attached hydrogen (secondary N) is 1. The molecule has 1 N–H and O–H groups in total. The van der Waals surface area contributed by atoms with Crippen LogP contribution in [0.5, 0.6) is 0 Å². The molecule has 124 valence electrons. The minimum absolute atomic E-state index is 0.330. The van der Waals surface area contributed by atoms with Gasteiger partial charge in [-0.1, -0.05) is 26.2 Å². The van der Waals surface area contributed by atoms with Crippen molar-refractivity contribution in [2.24, 2.45) is 5.92 Å². The summed E-state index contributed by atoms with van der Waals surface area (Å²) in [4.78, 5) is 5.33. The van der Waals surface area contributed by atoms with Crippen LogP contribution >= 0.6 is 0 Å². The number of piperazine rings is 1. The summed E-state index contributed by atoms with van der Waals surface area (Å²) in [7, 11) is 0. The van der Waals surface area contributed by atoms with Crippen molar-refractivity contribution in [1.82, 2.24) is 15.1 Å². The van der Waals surface area contributed by atoms with E-state index < -0.39 is 0 Å². The van der Waals surface area contributed by atoms with Crippen LogP contribution in [0.1, 0.15) is 59.8 Å². The Balaban J connectivity index is 1.81. The molecule has 0 aromatic carbocycles. The van der Waals surface area contributed by atoms with Crippen molar-refractivity contribution < 1.29 is 0 Å². The molecule has 2 fully saturated rings. The second kappa shape index (κ2) is 7.94. The van der Waals surface area contributed by atoms with Crippen LogP contribution in [0.4, 0.5) is 0 Å². The zero-order valence-electron chi connectivity index (χ0n) is 14.8. The zero-order chi connectivity index (χ0) is 15.3. The molecule has 21 heavy (non-hydrogen) atoms. The van der Waals surface area contributed by atoms with Gasteiger partial charge in [-0.3, -0.25) is 9.80 Å². The van der Waals surface area contributed by atoms with Crippen molar-refractivity contribution in [3.63, 3.8) is 0 Å². The van der Waals surface area contributed by atoms with Gasteiger partial charge in [0.2, 0.25) is 0 Å². The van der Waals surface area contributed by atoms with Gasteiger partial charge in [0.25, 0.3) is 0 Å². The molecule has 0 bridgehead atoms. The third kappa shape index (κ3) is 5.22. The molecule has 1 aliphatic carbocycles. The normalized spacial score (nSPS) is 25.1. The van der Waals surface area contributed by atoms with Gasteiger partial charge in [0, 0.05) is 44.3 Å². The summed E-state index contributed by atoms with van der Waals surface area (Å²) >= 11 is 0. The lowest BCUT2D eigenvalue weighted by Gasteiger charge is -2.44. The van der Waals surface area contributed by atoms with Crippen molar-refractivity contribution in [3.8, 4) is 0 Å². The predicted octanol–water partition coefficient (Wildman–Crippen LogP) is 2.96. The largest absolute Gasteiger partial charge is 0.313 e. The van der Waals surface area contributed by atoms with Crippen LogP contribution in [0, 0.1) is 5.92 Å². The van der Waals surface area contributed by atoms with Crippen molar-refractivity contribution in [1.29, 1.82) is 0 Å². The maximum Gasteiger partial charge on any atom is 0.0223 e. The molecule has 0 radical (unpaired) electrons. The van der Waals surface area contributed by atoms with Crippen molar-refractivity contribution in [3.05, 3.63) is 0 Å². The molecule has 3 heteroatoms. The molecule has 0 spiro atoms. The minimum Gasteiger partial charge on any atom is -0.313 e. The van der Waals surface area contributed by atoms with E-state index in [4.69, 9.17) is 0 Å². The summed E-state index contributed by atoms with van der Waals surface area (Å²) < 4.78 is 0. The van der Waals surface area contributed by atoms with Crippen molar-refractivity contribution in [2.75, 3.05) is 39.3 Å². The molecule has 1 aliphatic heterocycles.